The second-order valence-electron chi connectivity index (χ2n) is 12.2. The molecule has 0 saturated heterocycles. The third kappa shape index (κ3) is 7.05. The monoisotopic (exact) mass is 551 g/mol. The van der Waals surface area contributed by atoms with Crippen molar-refractivity contribution in [3.05, 3.63) is 70.7 Å². The molecular formula is C33H46ClN3O2. The minimum Gasteiger partial charge on any atom is -0.467 e. The summed E-state index contributed by atoms with van der Waals surface area (Å²) in [4.78, 5) is 23.0. The fourth-order valence-electron chi connectivity index (χ4n) is 7.03. The van der Waals surface area contributed by atoms with Crippen LogP contribution >= 0.6 is 11.6 Å². The van der Waals surface area contributed by atoms with Crippen molar-refractivity contribution in [2.45, 2.75) is 76.4 Å². The zero-order valence-electron chi connectivity index (χ0n) is 24.4. The van der Waals surface area contributed by atoms with Gasteiger partial charge < -0.3 is 14.5 Å². The molecule has 39 heavy (non-hydrogen) atoms. The van der Waals surface area contributed by atoms with Crippen molar-refractivity contribution in [1.29, 1.82) is 0 Å². The maximum absolute atomic E-state index is 13.4. The molecule has 1 aliphatic heterocycles. The Hall–Kier alpha value is -2.37. The van der Waals surface area contributed by atoms with Crippen molar-refractivity contribution in [3.8, 4) is 0 Å². The first-order valence-electron chi connectivity index (χ1n) is 14.6. The highest BCUT2D eigenvalue weighted by atomic mass is 35.5. The van der Waals surface area contributed by atoms with Crippen molar-refractivity contribution in [2.75, 3.05) is 27.7 Å². The smallest absolute Gasteiger partial charge is 0.335 e. The lowest BCUT2D eigenvalue weighted by atomic mass is 9.71. The van der Waals surface area contributed by atoms with Crippen molar-refractivity contribution >= 4 is 23.9 Å². The highest BCUT2D eigenvalue weighted by molar-refractivity contribution is 6.30. The van der Waals surface area contributed by atoms with Crippen LogP contribution in [-0.2, 0) is 16.0 Å². The molecule has 0 amide bonds. The van der Waals surface area contributed by atoms with Gasteiger partial charge in [-0.15, -0.1) is 0 Å². The molecule has 212 valence electrons. The molecule has 6 heteroatoms. The van der Waals surface area contributed by atoms with E-state index >= 15 is 0 Å². The van der Waals surface area contributed by atoms with Crippen LogP contribution in [0.25, 0.3) is 0 Å². The van der Waals surface area contributed by atoms with Crippen molar-refractivity contribution < 1.29 is 9.53 Å². The van der Waals surface area contributed by atoms with Gasteiger partial charge in [-0.05, 0) is 87.2 Å². The molecule has 1 saturated carbocycles. The third-order valence-corrected chi connectivity index (χ3v) is 9.06. The van der Waals surface area contributed by atoms with E-state index in [0.29, 0.717) is 30.2 Å². The minimum absolute atomic E-state index is 0.0264. The van der Waals surface area contributed by atoms with Crippen molar-refractivity contribution in [3.63, 3.8) is 0 Å². The predicted octanol–water partition coefficient (Wildman–Crippen LogP) is 7.05. The number of hydrogen-bond donors (Lipinski definition) is 0. The Labute approximate surface area is 240 Å². The Morgan fingerprint density at radius 3 is 2.33 bits per heavy atom. The summed E-state index contributed by atoms with van der Waals surface area (Å²) in [7, 11) is 5.87. The number of hydrogen-bond acceptors (Lipinski definition) is 5. The zero-order valence-corrected chi connectivity index (χ0v) is 25.1. The van der Waals surface area contributed by atoms with Crippen molar-refractivity contribution in [2.24, 2.45) is 22.7 Å². The van der Waals surface area contributed by atoms with E-state index in [1.54, 1.807) is 0 Å². The molecular weight excluding hydrogens is 506 g/mol. The second-order valence-corrected chi connectivity index (χ2v) is 12.7. The maximum Gasteiger partial charge on any atom is 0.335 e. The lowest BCUT2D eigenvalue weighted by molar-refractivity contribution is -0.149. The van der Waals surface area contributed by atoms with Gasteiger partial charge in [-0.1, -0.05) is 80.8 Å². The van der Waals surface area contributed by atoms with Gasteiger partial charge in [0.05, 0.1) is 19.5 Å². The number of benzene rings is 2. The summed E-state index contributed by atoms with van der Waals surface area (Å²) in [5.74, 6) is 1.32. The van der Waals surface area contributed by atoms with Crippen LogP contribution < -0.4 is 0 Å². The maximum atomic E-state index is 13.4. The predicted molar refractivity (Wildman–Crippen MR) is 161 cm³/mol. The Morgan fingerprint density at radius 1 is 1.08 bits per heavy atom. The second kappa shape index (κ2) is 13.3. The van der Waals surface area contributed by atoms with Gasteiger partial charge >= 0.3 is 5.97 Å². The molecule has 0 bridgehead atoms. The number of aliphatic imine (C=N–C) groups is 1. The first-order chi connectivity index (χ1) is 18.7. The molecule has 1 aliphatic carbocycles. The molecule has 3 atom stereocenters. The normalized spacial score (nSPS) is 25.8. The fourth-order valence-corrected chi connectivity index (χ4v) is 7.16. The Morgan fingerprint density at radius 2 is 1.74 bits per heavy atom. The molecule has 4 rings (SSSR count). The summed E-state index contributed by atoms with van der Waals surface area (Å²) in [5, 5.41) is 0.783. The lowest BCUT2D eigenvalue weighted by Crippen LogP contribution is -2.53. The summed E-state index contributed by atoms with van der Waals surface area (Å²) in [6, 6.07) is 19.4. The largest absolute Gasteiger partial charge is 0.467 e. The number of ether oxygens (including phenoxy) is 1. The van der Waals surface area contributed by atoms with E-state index < -0.39 is 5.54 Å². The number of methoxy groups -OCH3 is 1. The highest BCUT2D eigenvalue weighted by Gasteiger charge is 2.53. The van der Waals surface area contributed by atoms with Crippen LogP contribution in [0.1, 0.15) is 69.5 Å². The third-order valence-electron chi connectivity index (χ3n) is 8.81. The molecule has 5 nitrogen and oxygen atoms in total. The van der Waals surface area contributed by atoms with E-state index in [1.165, 1.54) is 43.9 Å². The SMILES string of the molecule is COC(=O)C1(CC(C)C)N=CN(CCc2ccccc2)C1CC1CCC(C(c2ccc(Cl)cc2)N(C)C)CC1. The van der Waals surface area contributed by atoms with Crippen LogP contribution in [0.4, 0.5) is 0 Å². The number of rotatable bonds is 11. The van der Waals surface area contributed by atoms with E-state index in [0.717, 1.165) is 24.4 Å². The van der Waals surface area contributed by atoms with Crippen molar-refractivity contribution in [1.82, 2.24) is 9.80 Å². The minimum atomic E-state index is -0.827. The Bertz CT molecular complexity index is 1080. The van der Waals surface area contributed by atoms with E-state index in [9.17, 15) is 4.79 Å². The van der Waals surface area contributed by atoms with Gasteiger partial charge in [-0.3, -0.25) is 4.99 Å². The molecule has 3 unspecified atom stereocenters. The number of halogens is 1. The molecule has 1 fully saturated rings. The van der Waals surface area contributed by atoms with Crippen LogP contribution in [0, 0.1) is 17.8 Å². The number of carbonyl (C=O) groups excluding carboxylic acids is 1. The average Bonchev–Trinajstić information content (AvgIpc) is 3.26. The number of carbonyl (C=O) groups is 1. The summed E-state index contributed by atoms with van der Waals surface area (Å²) < 4.78 is 5.41. The van der Waals surface area contributed by atoms with Crippen LogP contribution in [0.3, 0.4) is 0 Å². The summed E-state index contributed by atoms with van der Waals surface area (Å²) in [6.45, 7) is 5.20. The van der Waals surface area contributed by atoms with Crippen LogP contribution in [-0.4, -0.2) is 61.4 Å². The summed E-state index contributed by atoms with van der Waals surface area (Å²) >= 11 is 6.18. The van der Waals surface area contributed by atoms with Gasteiger partial charge in [0.1, 0.15) is 0 Å². The topological polar surface area (TPSA) is 45.1 Å². The Kier molecular flexibility index (Phi) is 10.1. The molecule has 0 aromatic heterocycles. The van der Waals surface area contributed by atoms with Gasteiger partial charge in [0.2, 0.25) is 0 Å². The van der Waals surface area contributed by atoms with Gasteiger partial charge in [-0.2, -0.15) is 0 Å². The first-order valence-corrected chi connectivity index (χ1v) is 15.0. The first kappa shape index (κ1) is 29.6. The van der Waals surface area contributed by atoms with E-state index in [4.69, 9.17) is 21.3 Å². The van der Waals surface area contributed by atoms with Crippen LogP contribution in [0.2, 0.25) is 5.02 Å². The molecule has 2 aliphatic rings. The number of nitrogens with zero attached hydrogens (tertiary/aromatic N) is 3. The lowest BCUT2D eigenvalue weighted by Gasteiger charge is -2.41. The fraction of sp³-hybridized carbons (Fsp3) is 0.576. The van der Waals surface area contributed by atoms with Gasteiger partial charge in [0, 0.05) is 17.6 Å². The number of esters is 1. The molecule has 0 radical (unpaired) electrons. The van der Waals surface area contributed by atoms with Gasteiger partial charge in [-0.25, -0.2) is 4.79 Å². The average molecular weight is 552 g/mol. The van der Waals surface area contributed by atoms with E-state index in [1.807, 2.05) is 18.5 Å². The van der Waals surface area contributed by atoms with Gasteiger partial charge in [0.15, 0.2) is 5.54 Å². The standard InChI is InChI=1S/C33H46ClN3O2/c1-24(2)22-33(32(38)39-5)30(37(23-35-33)20-19-25-9-7-6-8-10-25)21-26-11-13-27(14-12-26)31(36(3)4)28-15-17-29(34)18-16-28/h6-10,15-18,23-24,26-27,30-31H,11-14,19-22H2,1-5H3. The molecule has 2 aromatic carbocycles. The molecule has 1 heterocycles. The molecule has 0 spiro atoms. The van der Waals surface area contributed by atoms with E-state index in [2.05, 4.69) is 80.2 Å². The van der Waals surface area contributed by atoms with Crippen LogP contribution in [0.5, 0.6) is 0 Å². The summed E-state index contributed by atoms with van der Waals surface area (Å²) in [5.41, 5.74) is 1.82. The Balaban J connectivity index is 1.49. The molecule has 0 N–H and O–H groups in total. The van der Waals surface area contributed by atoms with E-state index in [-0.39, 0.29) is 12.0 Å². The molecule has 2 aromatic rings. The quantitative estimate of drug-likeness (QED) is 0.281. The van der Waals surface area contributed by atoms with Gasteiger partial charge in [0.25, 0.3) is 0 Å². The zero-order chi connectivity index (χ0) is 28.0. The van der Waals surface area contributed by atoms with Crippen LogP contribution in [0.15, 0.2) is 59.6 Å². The summed E-state index contributed by atoms with van der Waals surface area (Å²) in [6.07, 6.45) is 9.26. The highest BCUT2D eigenvalue weighted by Crippen LogP contribution is 2.44.